The summed E-state index contributed by atoms with van der Waals surface area (Å²) < 4.78 is 0. The maximum absolute atomic E-state index is 9.77. The van der Waals surface area contributed by atoms with E-state index in [1.807, 2.05) is 13.8 Å². The van der Waals surface area contributed by atoms with Crippen molar-refractivity contribution in [2.75, 3.05) is 6.54 Å². The predicted octanol–water partition coefficient (Wildman–Crippen LogP) is 1.15. The van der Waals surface area contributed by atoms with Crippen LogP contribution < -0.4 is 5.32 Å². The van der Waals surface area contributed by atoms with Crippen LogP contribution in [0.5, 0.6) is 0 Å². The molecule has 66 valence electrons. The molecule has 1 aliphatic heterocycles. The minimum Gasteiger partial charge on any atom is -0.390 e. The molecule has 0 spiro atoms. The molecule has 0 aromatic carbocycles. The molecule has 11 heavy (non-hydrogen) atoms. The summed E-state index contributed by atoms with van der Waals surface area (Å²) in [5, 5.41) is 13.2. The van der Waals surface area contributed by atoms with Crippen LogP contribution in [0.3, 0.4) is 0 Å². The maximum atomic E-state index is 9.77. The van der Waals surface area contributed by atoms with Gasteiger partial charge < -0.3 is 10.4 Å². The second kappa shape index (κ2) is 3.11. The first kappa shape index (κ1) is 9.01. The minimum atomic E-state index is -0.521. The van der Waals surface area contributed by atoms with Crippen molar-refractivity contribution in [1.29, 1.82) is 0 Å². The van der Waals surface area contributed by atoms with Crippen molar-refractivity contribution in [3.63, 3.8) is 0 Å². The van der Waals surface area contributed by atoms with E-state index in [4.69, 9.17) is 0 Å². The molecule has 0 saturated carbocycles. The fraction of sp³-hybridized carbons (Fsp3) is 1.00. The number of hydrogen-bond donors (Lipinski definition) is 2. The van der Waals surface area contributed by atoms with Crippen molar-refractivity contribution in [3.8, 4) is 0 Å². The largest absolute Gasteiger partial charge is 0.390 e. The van der Waals surface area contributed by atoms with Crippen molar-refractivity contribution in [1.82, 2.24) is 5.32 Å². The minimum absolute atomic E-state index is 0.413. The Bertz CT molecular complexity index is 128. The van der Waals surface area contributed by atoms with Gasteiger partial charge in [0.05, 0.1) is 5.60 Å². The van der Waals surface area contributed by atoms with Crippen LogP contribution in [0.2, 0.25) is 0 Å². The van der Waals surface area contributed by atoms with Crippen LogP contribution in [-0.2, 0) is 0 Å². The predicted molar refractivity (Wildman–Crippen MR) is 46.5 cm³/mol. The van der Waals surface area contributed by atoms with Gasteiger partial charge >= 0.3 is 0 Å². The van der Waals surface area contributed by atoms with E-state index in [0.717, 1.165) is 13.0 Å². The van der Waals surface area contributed by atoms with Crippen LogP contribution >= 0.6 is 0 Å². The second-order valence-electron chi connectivity index (χ2n) is 4.15. The third-order valence-corrected chi connectivity index (χ3v) is 2.67. The Kier molecular flexibility index (Phi) is 2.55. The van der Waals surface area contributed by atoms with Gasteiger partial charge in [-0.3, -0.25) is 0 Å². The molecule has 0 unspecified atom stereocenters. The van der Waals surface area contributed by atoms with Crippen LogP contribution in [0.15, 0.2) is 0 Å². The molecule has 0 aromatic heterocycles. The van der Waals surface area contributed by atoms with Crippen LogP contribution in [-0.4, -0.2) is 23.3 Å². The maximum Gasteiger partial charge on any atom is 0.0634 e. The lowest BCUT2D eigenvalue weighted by molar-refractivity contribution is -0.00986. The van der Waals surface area contributed by atoms with Gasteiger partial charge in [0.2, 0.25) is 0 Å². The molecule has 0 radical (unpaired) electrons. The summed E-state index contributed by atoms with van der Waals surface area (Å²) in [6.07, 6.45) is 2.34. The molecule has 2 atom stereocenters. The Morgan fingerprint density at radius 2 is 2.09 bits per heavy atom. The number of piperidine rings is 1. The average Bonchev–Trinajstić information content (AvgIpc) is 1.86. The smallest absolute Gasteiger partial charge is 0.0634 e. The van der Waals surface area contributed by atoms with Gasteiger partial charge in [-0.2, -0.15) is 0 Å². The summed E-state index contributed by atoms with van der Waals surface area (Å²) in [6, 6.07) is 0.462. The Morgan fingerprint density at radius 3 is 2.45 bits per heavy atom. The Morgan fingerprint density at radius 1 is 1.45 bits per heavy atom. The van der Waals surface area contributed by atoms with Crippen molar-refractivity contribution >= 4 is 0 Å². The topological polar surface area (TPSA) is 32.3 Å². The molecule has 1 saturated heterocycles. The molecule has 0 aromatic rings. The first-order valence-electron chi connectivity index (χ1n) is 4.47. The molecule has 2 heteroatoms. The molecule has 2 nitrogen and oxygen atoms in total. The first-order chi connectivity index (χ1) is 5.02. The summed E-state index contributed by atoms with van der Waals surface area (Å²) in [5.41, 5.74) is -0.521. The van der Waals surface area contributed by atoms with Crippen LogP contribution in [0, 0.1) is 5.92 Å². The van der Waals surface area contributed by atoms with Gasteiger partial charge in [0.15, 0.2) is 0 Å². The molecular weight excluding hydrogens is 138 g/mol. The highest BCUT2D eigenvalue weighted by atomic mass is 16.3. The Balaban J connectivity index is 2.55. The highest BCUT2D eigenvalue weighted by Crippen LogP contribution is 2.27. The average molecular weight is 157 g/mol. The normalized spacial score (nSPS) is 33.8. The van der Waals surface area contributed by atoms with E-state index >= 15 is 0 Å². The fourth-order valence-electron chi connectivity index (χ4n) is 2.01. The zero-order valence-electron chi connectivity index (χ0n) is 7.72. The molecule has 0 amide bonds. The van der Waals surface area contributed by atoms with Crippen molar-refractivity contribution in [2.24, 2.45) is 5.92 Å². The summed E-state index contributed by atoms with van der Waals surface area (Å²) in [7, 11) is 0. The lowest BCUT2D eigenvalue weighted by Gasteiger charge is -2.38. The van der Waals surface area contributed by atoms with E-state index in [1.54, 1.807) is 0 Å². The van der Waals surface area contributed by atoms with Crippen LogP contribution in [0.25, 0.3) is 0 Å². The molecule has 1 heterocycles. The zero-order chi connectivity index (χ0) is 8.48. The van der Waals surface area contributed by atoms with E-state index in [-0.39, 0.29) is 0 Å². The van der Waals surface area contributed by atoms with E-state index in [1.165, 1.54) is 6.42 Å². The second-order valence-corrected chi connectivity index (χ2v) is 4.15. The van der Waals surface area contributed by atoms with E-state index in [0.29, 0.717) is 12.0 Å². The monoisotopic (exact) mass is 157 g/mol. The summed E-state index contributed by atoms with van der Waals surface area (Å²) in [4.78, 5) is 0. The zero-order valence-corrected chi connectivity index (χ0v) is 7.72. The highest BCUT2D eigenvalue weighted by Gasteiger charge is 2.32. The molecule has 1 fully saturated rings. The third kappa shape index (κ3) is 2.17. The molecule has 2 N–H and O–H groups in total. The van der Waals surface area contributed by atoms with Crippen LogP contribution in [0.4, 0.5) is 0 Å². The Hall–Kier alpha value is -0.0800. The van der Waals surface area contributed by atoms with Gasteiger partial charge in [-0.25, -0.2) is 0 Å². The van der Waals surface area contributed by atoms with Gasteiger partial charge in [-0.05, 0) is 40.2 Å². The van der Waals surface area contributed by atoms with Crippen molar-refractivity contribution in [3.05, 3.63) is 0 Å². The summed E-state index contributed by atoms with van der Waals surface area (Å²) in [6.45, 7) is 7.07. The van der Waals surface area contributed by atoms with Gasteiger partial charge in [0.1, 0.15) is 0 Å². The number of aliphatic hydroxyl groups is 1. The Labute approximate surface area is 69.0 Å². The number of hydrogen-bond acceptors (Lipinski definition) is 2. The molecule has 0 aliphatic carbocycles. The lowest BCUT2D eigenvalue weighted by Crippen LogP contribution is -2.48. The summed E-state index contributed by atoms with van der Waals surface area (Å²) >= 11 is 0. The lowest BCUT2D eigenvalue weighted by atomic mass is 9.80. The first-order valence-corrected chi connectivity index (χ1v) is 4.47. The molecule has 1 aliphatic rings. The van der Waals surface area contributed by atoms with Gasteiger partial charge in [-0.15, -0.1) is 0 Å². The van der Waals surface area contributed by atoms with Crippen molar-refractivity contribution in [2.45, 2.75) is 45.3 Å². The van der Waals surface area contributed by atoms with Crippen LogP contribution in [0.1, 0.15) is 33.6 Å². The van der Waals surface area contributed by atoms with E-state index in [2.05, 4.69) is 12.2 Å². The number of nitrogens with one attached hydrogen (secondary N) is 1. The molecule has 0 bridgehead atoms. The standard InChI is InChI=1S/C9H19NO/c1-7-8(9(2,3)11)5-4-6-10-7/h7-8,10-11H,4-6H2,1-3H3/t7-,8+/m1/s1. The number of rotatable bonds is 1. The van der Waals surface area contributed by atoms with Gasteiger partial charge in [-0.1, -0.05) is 0 Å². The van der Waals surface area contributed by atoms with Gasteiger partial charge in [0.25, 0.3) is 0 Å². The van der Waals surface area contributed by atoms with Gasteiger partial charge in [0, 0.05) is 12.0 Å². The summed E-state index contributed by atoms with van der Waals surface area (Å²) in [5.74, 6) is 0.413. The fourth-order valence-corrected chi connectivity index (χ4v) is 2.01. The molecule has 1 rings (SSSR count). The van der Waals surface area contributed by atoms with Crippen molar-refractivity contribution < 1.29 is 5.11 Å². The highest BCUT2D eigenvalue weighted by molar-refractivity contribution is 4.87. The SMILES string of the molecule is C[C@H]1NCCC[C@@H]1C(C)(C)O. The van der Waals surface area contributed by atoms with E-state index in [9.17, 15) is 5.11 Å². The van der Waals surface area contributed by atoms with E-state index < -0.39 is 5.60 Å². The third-order valence-electron chi connectivity index (χ3n) is 2.67. The quantitative estimate of drug-likeness (QED) is 0.598. The molecular formula is C9H19NO.